The fraction of sp³-hybridized carbons (Fsp3) is 0.304. The minimum atomic E-state index is 0.131. The number of thiophene rings is 1. The van der Waals surface area contributed by atoms with E-state index in [1.165, 1.54) is 4.88 Å². The van der Waals surface area contributed by atoms with Crippen LogP contribution in [0.15, 0.2) is 53.2 Å². The number of nitrogens with zero attached hydrogens (tertiary/aromatic N) is 3. The Bertz CT molecular complexity index is 1130. The maximum Gasteiger partial charge on any atom is 0.257 e. The van der Waals surface area contributed by atoms with Gasteiger partial charge in [-0.2, -0.15) is 0 Å². The van der Waals surface area contributed by atoms with Gasteiger partial charge >= 0.3 is 0 Å². The Labute approximate surface area is 173 Å². The summed E-state index contributed by atoms with van der Waals surface area (Å²) in [6.07, 6.45) is 5.75. The van der Waals surface area contributed by atoms with Gasteiger partial charge in [-0.3, -0.25) is 4.79 Å². The van der Waals surface area contributed by atoms with Crippen molar-refractivity contribution in [2.45, 2.75) is 32.6 Å². The van der Waals surface area contributed by atoms with Crippen molar-refractivity contribution >= 4 is 28.3 Å². The summed E-state index contributed by atoms with van der Waals surface area (Å²) in [5.74, 6) is 1.20. The van der Waals surface area contributed by atoms with E-state index in [1.54, 1.807) is 11.3 Å². The summed E-state index contributed by atoms with van der Waals surface area (Å²) in [6, 6.07) is 11.9. The number of benzene rings is 1. The molecule has 6 heteroatoms. The van der Waals surface area contributed by atoms with Crippen LogP contribution in [0.5, 0.6) is 0 Å². The second-order valence-corrected chi connectivity index (χ2v) is 8.84. The molecule has 1 aliphatic rings. The van der Waals surface area contributed by atoms with Crippen LogP contribution in [-0.4, -0.2) is 33.4 Å². The molecule has 4 heterocycles. The Balaban J connectivity index is 1.35. The Hall–Kier alpha value is -2.86. The molecule has 0 N–H and O–H groups in total. The molecule has 1 saturated heterocycles. The first-order valence-electron chi connectivity index (χ1n) is 10.00. The molecule has 5 rings (SSSR count). The second-order valence-electron chi connectivity index (χ2n) is 7.64. The molecule has 0 unspecified atom stereocenters. The molecule has 0 bridgehead atoms. The standard InChI is InChI=1S/C23H23N3O2S/c1-15-16(2)29-23(26-11-5-6-12-26)20(15)22(27)25-13-9-17(10-14-25)21-24-18-7-3-4-8-19(18)28-21/h3-8,11-12,17H,9-10,13-14H2,1-2H3. The first kappa shape index (κ1) is 18.2. The third kappa shape index (κ3) is 3.17. The van der Waals surface area contributed by atoms with Gasteiger partial charge in [0.1, 0.15) is 10.5 Å². The van der Waals surface area contributed by atoms with Crippen LogP contribution in [0.3, 0.4) is 0 Å². The molecule has 1 aromatic carbocycles. The van der Waals surface area contributed by atoms with Gasteiger partial charge in [0.25, 0.3) is 5.91 Å². The summed E-state index contributed by atoms with van der Waals surface area (Å²) in [5, 5.41) is 1.01. The summed E-state index contributed by atoms with van der Waals surface area (Å²) < 4.78 is 8.01. The number of carbonyl (C=O) groups is 1. The van der Waals surface area contributed by atoms with E-state index in [9.17, 15) is 4.79 Å². The van der Waals surface area contributed by atoms with Gasteiger partial charge in [-0.1, -0.05) is 12.1 Å². The summed E-state index contributed by atoms with van der Waals surface area (Å²) in [7, 11) is 0. The minimum Gasteiger partial charge on any atom is -0.440 e. The van der Waals surface area contributed by atoms with E-state index in [0.29, 0.717) is 0 Å². The van der Waals surface area contributed by atoms with Gasteiger partial charge in [-0.05, 0) is 56.5 Å². The van der Waals surface area contributed by atoms with Crippen LogP contribution in [-0.2, 0) is 0 Å². The third-order valence-corrected chi connectivity index (χ3v) is 7.08. The van der Waals surface area contributed by atoms with E-state index in [-0.39, 0.29) is 11.8 Å². The van der Waals surface area contributed by atoms with Crippen molar-refractivity contribution in [3.8, 4) is 5.00 Å². The van der Waals surface area contributed by atoms with E-state index in [1.807, 2.05) is 58.3 Å². The quantitative estimate of drug-likeness (QED) is 0.464. The van der Waals surface area contributed by atoms with E-state index in [0.717, 1.165) is 59.0 Å². The number of para-hydroxylation sites is 2. The first-order valence-corrected chi connectivity index (χ1v) is 10.8. The predicted octanol–water partition coefficient (Wildman–Crippen LogP) is 5.32. The number of carbonyl (C=O) groups excluding carboxylic acids is 1. The topological polar surface area (TPSA) is 51.3 Å². The van der Waals surface area contributed by atoms with E-state index in [2.05, 4.69) is 18.8 Å². The molecule has 0 radical (unpaired) electrons. The van der Waals surface area contributed by atoms with Gasteiger partial charge in [0.2, 0.25) is 0 Å². The Kier molecular flexibility index (Phi) is 4.51. The number of hydrogen-bond acceptors (Lipinski definition) is 4. The van der Waals surface area contributed by atoms with Gasteiger partial charge in [-0.25, -0.2) is 4.98 Å². The van der Waals surface area contributed by atoms with Crippen molar-refractivity contribution in [3.63, 3.8) is 0 Å². The highest BCUT2D eigenvalue weighted by atomic mass is 32.1. The van der Waals surface area contributed by atoms with E-state index < -0.39 is 0 Å². The molecule has 3 aromatic heterocycles. The normalized spacial score (nSPS) is 15.3. The number of fused-ring (bicyclic) bond motifs is 1. The Morgan fingerprint density at radius 2 is 1.83 bits per heavy atom. The molecule has 1 aliphatic heterocycles. The smallest absolute Gasteiger partial charge is 0.257 e. The maximum absolute atomic E-state index is 13.4. The minimum absolute atomic E-state index is 0.131. The number of rotatable bonds is 3. The highest BCUT2D eigenvalue weighted by Gasteiger charge is 2.30. The SMILES string of the molecule is Cc1sc(-n2cccc2)c(C(=O)N2CCC(c3nc4ccccc4o3)CC2)c1C. The van der Waals surface area contributed by atoms with Crippen LogP contribution < -0.4 is 0 Å². The zero-order valence-electron chi connectivity index (χ0n) is 16.6. The molecule has 5 nitrogen and oxygen atoms in total. The maximum atomic E-state index is 13.4. The molecule has 1 fully saturated rings. The van der Waals surface area contributed by atoms with Crippen molar-refractivity contribution in [1.29, 1.82) is 0 Å². The lowest BCUT2D eigenvalue weighted by atomic mass is 9.96. The molecule has 0 spiro atoms. The summed E-state index contributed by atoms with van der Waals surface area (Å²) in [5.41, 5.74) is 3.66. The second kappa shape index (κ2) is 7.19. The number of likely N-dealkylation sites (tertiary alicyclic amines) is 1. The monoisotopic (exact) mass is 405 g/mol. The van der Waals surface area contributed by atoms with Gasteiger partial charge in [0.15, 0.2) is 11.5 Å². The summed E-state index contributed by atoms with van der Waals surface area (Å²) in [6.45, 7) is 5.59. The van der Waals surface area contributed by atoms with Gasteiger partial charge < -0.3 is 13.9 Å². The highest BCUT2D eigenvalue weighted by Crippen LogP contribution is 2.34. The van der Waals surface area contributed by atoms with Crippen LogP contribution in [0.1, 0.15) is 45.4 Å². The summed E-state index contributed by atoms with van der Waals surface area (Å²) >= 11 is 1.68. The molecule has 148 valence electrons. The van der Waals surface area contributed by atoms with Crippen molar-refractivity contribution < 1.29 is 9.21 Å². The predicted molar refractivity (Wildman–Crippen MR) is 115 cm³/mol. The van der Waals surface area contributed by atoms with Crippen molar-refractivity contribution in [1.82, 2.24) is 14.5 Å². The van der Waals surface area contributed by atoms with Crippen LogP contribution in [0.2, 0.25) is 0 Å². The average molecular weight is 406 g/mol. The molecular formula is C23H23N3O2S. The van der Waals surface area contributed by atoms with Gasteiger partial charge in [0, 0.05) is 36.3 Å². The largest absolute Gasteiger partial charge is 0.440 e. The van der Waals surface area contributed by atoms with E-state index >= 15 is 0 Å². The zero-order valence-corrected chi connectivity index (χ0v) is 17.4. The number of hydrogen-bond donors (Lipinski definition) is 0. The molecular weight excluding hydrogens is 382 g/mol. The van der Waals surface area contributed by atoms with Gasteiger partial charge in [0.05, 0.1) is 5.56 Å². The molecule has 0 saturated carbocycles. The molecule has 4 aromatic rings. The highest BCUT2D eigenvalue weighted by molar-refractivity contribution is 7.15. The lowest BCUT2D eigenvalue weighted by molar-refractivity contribution is 0.0706. The molecule has 29 heavy (non-hydrogen) atoms. The van der Waals surface area contributed by atoms with Crippen LogP contribution in [0.4, 0.5) is 0 Å². The third-order valence-electron chi connectivity index (χ3n) is 5.86. The van der Waals surface area contributed by atoms with Crippen LogP contribution in [0.25, 0.3) is 16.1 Å². The van der Waals surface area contributed by atoms with Crippen molar-refractivity contribution in [2.24, 2.45) is 0 Å². The van der Waals surface area contributed by atoms with E-state index in [4.69, 9.17) is 4.42 Å². The number of amides is 1. The lowest BCUT2D eigenvalue weighted by Gasteiger charge is -2.31. The van der Waals surface area contributed by atoms with Crippen LogP contribution in [0, 0.1) is 13.8 Å². The lowest BCUT2D eigenvalue weighted by Crippen LogP contribution is -2.38. The van der Waals surface area contributed by atoms with Crippen molar-refractivity contribution in [2.75, 3.05) is 13.1 Å². The Morgan fingerprint density at radius 3 is 2.55 bits per heavy atom. The van der Waals surface area contributed by atoms with Crippen LogP contribution >= 0.6 is 11.3 Å². The first-order chi connectivity index (χ1) is 14.1. The number of aromatic nitrogens is 2. The summed E-state index contributed by atoms with van der Waals surface area (Å²) in [4.78, 5) is 21.3. The molecule has 1 amide bonds. The zero-order chi connectivity index (χ0) is 20.0. The fourth-order valence-corrected chi connectivity index (χ4v) is 5.18. The fourth-order valence-electron chi connectivity index (χ4n) is 4.06. The van der Waals surface area contributed by atoms with Crippen molar-refractivity contribution in [3.05, 3.63) is 70.7 Å². The number of aryl methyl sites for hydroxylation is 1. The average Bonchev–Trinajstić information content (AvgIpc) is 3.47. The Morgan fingerprint density at radius 1 is 1.10 bits per heavy atom. The number of piperidine rings is 1. The molecule has 0 aliphatic carbocycles. The number of oxazole rings is 1. The molecule has 0 atom stereocenters. The van der Waals surface area contributed by atoms with Gasteiger partial charge in [-0.15, -0.1) is 11.3 Å².